The monoisotopic (exact) mass is 254 g/mol. The number of hydrogen-bond donors (Lipinski definition) is 2. The molecule has 1 aliphatic heterocycles. The molecule has 0 bridgehead atoms. The number of para-hydroxylation sites is 1. The predicted octanol–water partition coefficient (Wildman–Crippen LogP) is 2.21. The molecular formula is C15H14N2O2. The summed E-state index contributed by atoms with van der Waals surface area (Å²) in [4.78, 5) is 12.1. The molecular weight excluding hydrogens is 240 g/mol. The lowest BCUT2D eigenvalue weighted by atomic mass is 10.1. The number of carbonyl (C=O) groups is 1. The number of benzene rings is 2. The Morgan fingerprint density at radius 3 is 2.84 bits per heavy atom. The second-order valence-electron chi connectivity index (χ2n) is 4.53. The summed E-state index contributed by atoms with van der Waals surface area (Å²) >= 11 is 0. The first-order chi connectivity index (χ1) is 9.22. The Morgan fingerprint density at radius 2 is 2.05 bits per heavy atom. The molecule has 4 nitrogen and oxygen atoms in total. The van der Waals surface area contributed by atoms with E-state index in [1.807, 2.05) is 24.3 Å². The van der Waals surface area contributed by atoms with E-state index in [2.05, 4.69) is 5.32 Å². The smallest absolute Gasteiger partial charge is 0.265 e. The Bertz CT molecular complexity index is 600. The Morgan fingerprint density at radius 1 is 1.21 bits per heavy atom. The number of fused-ring (bicyclic) bond motifs is 1. The molecule has 1 aliphatic rings. The average Bonchev–Trinajstić information content (AvgIpc) is 2.82. The minimum Gasteiger partial charge on any atom is -0.480 e. The second-order valence-corrected chi connectivity index (χ2v) is 4.53. The number of nitrogen functional groups attached to an aromatic ring is 1. The van der Waals surface area contributed by atoms with E-state index in [1.165, 1.54) is 0 Å². The first-order valence-electron chi connectivity index (χ1n) is 6.13. The van der Waals surface area contributed by atoms with E-state index in [-0.39, 0.29) is 5.91 Å². The maximum absolute atomic E-state index is 12.1. The van der Waals surface area contributed by atoms with E-state index in [0.29, 0.717) is 17.8 Å². The van der Waals surface area contributed by atoms with Gasteiger partial charge in [-0.05, 0) is 29.8 Å². The van der Waals surface area contributed by atoms with Crippen molar-refractivity contribution in [1.82, 2.24) is 0 Å². The fourth-order valence-electron chi connectivity index (χ4n) is 2.17. The van der Waals surface area contributed by atoms with Crippen LogP contribution in [0.1, 0.15) is 5.56 Å². The van der Waals surface area contributed by atoms with Crippen molar-refractivity contribution in [2.24, 2.45) is 0 Å². The highest BCUT2D eigenvalue weighted by atomic mass is 16.5. The van der Waals surface area contributed by atoms with Crippen molar-refractivity contribution in [2.75, 3.05) is 11.1 Å². The summed E-state index contributed by atoms with van der Waals surface area (Å²) in [6.07, 6.45) is 0.128. The minimum atomic E-state index is -0.473. The summed E-state index contributed by atoms with van der Waals surface area (Å²) in [5.41, 5.74) is 8.04. The van der Waals surface area contributed by atoms with Crippen LogP contribution < -0.4 is 15.8 Å². The van der Waals surface area contributed by atoms with Gasteiger partial charge in [0.05, 0.1) is 0 Å². The lowest BCUT2D eigenvalue weighted by molar-refractivity contribution is -0.122. The molecule has 0 saturated heterocycles. The Kier molecular flexibility index (Phi) is 2.83. The molecule has 3 N–H and O–H groups in total. The summed E-state index contributed by atoms with van der Waals surface area (Å²) in [5, 5.41) is 2.82. The summed E-state index contributed by atoms with van der Waals surface area (Å²) in [6.45, 7) is 0. The number of amides is 1. The third-order valence-electron chi connectivity index (χ3n) is 3.09. The quantitative estimate of drug-likeness (QED) is 0.807. The number of anilines is 2. The number of nitrogens with two attached hydrogens (primary N) is 1. The molecule has 0 aromatic heterocycles. The molecule has 2 aromatic carbocycles. The van der Waals surface area contributed by atoms with Crippen LogP contribution in [0.4, 0.5) is 11.4 Å². The topological polar surface area (TPSA) is 64.3 Å². The fraction of sp³-hybridized carbons (Fsp3) is 0.133. The average molecular weight is 254 g/mol. The van der Waals surface area contributed by atoms with Crippen molar-refractivity contribution in [3.63, 3.8) is 0 Å². The molecule has 1 amide bonds. The molecule has 96 valence electrons. The van der Waals surface area contributed by atoms with Gasteiger partial charge in [-0.2, -0.15) is 0 Å². The van der Waals surface area contributed by atoms with Crippen molar-refractivity contribution >= 4 is 17.3 Å². The maximum atomic E-state index is 12.1. The van der Waals surface area contributed by atoms with Crippen LogP contribution >= 0.6 is 0 Å². The van der Waals surface area contributed by atoms with Gasteiger partial charge in [0.25, 0.3) is 5.91 Å². The van der Waals surface area contributed by atoms with Gasteiger partial charge in [-0.1, -0.05) is 24.3 Å². The van der Waals surface area contributed by atoms with Crippen molar-refractivity contribution < 1.29 is 9.53 Å². The van der Waals surface area contributed by atoms with Gasteiger partial charge in [-0.15, -0.1) is 0 Å². The Hall–Kier alpha value is -2.49. The van der Waals surface area contributed by atoms with Gasteiger partial charge < -0.3 is 15.8 Å². The maximum Gasteiger partial charge on any atom is 0.265 e. The number of carbonyl (C=O) groups excluding carboxylic acids is 1. The SMILES string of the molecule is Nc1cccc(NC(=O)C2Cc3ccccc3O2)c1. The molecule has 0 spiro atoms. The Labute approximate surface area is 111 Å². The van der Waals surface area contributed by atoms with Gasteiger partial charge in [-0.25, -0.2) is 0 Å². The summed E-state index contributed by atoms with van der Waals surface area (Å²) < 4.78 is 5.63. The molecule has 3 rings (SSSR count). The molecule has 1 unspecified atom stereocenters. The molecule has 1 heterocycles. The lowest BCUT2D eigenvalue weighted by Gasteiger charge is -2.11. The molecule has 0 saturated carbocycles. The normalized spacial score (nSPS) is 16.5. The molecule has 1 atom stereocenters. The van der Waals surface area contributed by atoms with Gasteiger partial charge in [-0.3, -0.25) is 4.79 Å². The van der Waals surface area contributed by atoms with Crippen molar-refractivity contribution in [1.29, 1.82) is 0 Å². The number of hydrogen-bond acceptors (Lipinski definition) is 3. The molecule has 4 heteroatoms. The van der Waals surface area contributed by atoms with Crippen molar-refractivity contribution in [3.8, 4) is 5.75 Å². The van der Waals surface area contributed by atoms with Gasteiger partial charge in [0.2, 0.25) is 0 Å². The van der Waals surface area contributed by atoms with Gasteiger partial charge in [0.15, 0.2) is 6.10 Å². The standard InChI is InChI=1S/C15H14N2O2/c16-11-5-3-6-12(9-11)17-15(18)14-8-10-4-1-2-7-13(10)19-14/h1-7,9,14H,8,16H2,(H,17,18). The van der Waals surface area contributed by atoms with Gasteiger partial charge in [0, 0.05) is 17.8 Å². The first-order valence-corrected chi connectivity index (χ1v) is 6.13. The molecule has 0 fully saturated rings. The molecule has 0 radical (unpaired) electrons. The lowest BCUT2D eigenvalue weighted by Crippen LogP contribution is -2.31. The second kappa shape index (κ2) is 4.65. The van der Waals surface area contributed by atoms with E-state index in [0.717, 1.165) is 11.3 Å². The predicted molar refractivity (Wildman–Crippen MR) is 74.0 cm³/mol. The molecule has 0 aliphatic carbocycles. The van der Waals surface area contributed by atoms with E-state index in [4.69, 9.17) is 10.5 Å². The summed E-state index contributed by atoms with van der Waals surface area (Å²) in [6, 6.07) is 14.8. The number of nitrogens with one attached hydrogen (secondary N) is 1. The van der Waals surface area contributed by atoms with E-state index >= 15 is 0 Å². The van der Waals surface area contributed by atoms with E-state index in [1.54, 1.807) is 24.3 Å². The minimum absolute atomic E-state index is 0.151. The third kappa shape index (κ3) is 2.38. The molecule has 2 aromatic rings. The summed E-state index contributed by atoms with van der Waals surface area (Å²) in [7, 11) is 0. The highest BCUT2D eigenvalue weighted by molar-refractivity contribution is 5.95. The Balaban J connectivity index is 1.70. The van der Waals surface area contributed by atoms with Crippen LogP contribution in [0.3, 0.4) is 0 Å². The van der Waals surface area contributed by atoms with E-state index < -0.39 is 6.10 Å². The van der Waals surface area contributed by atoms with Crippen molar-refractivity contribution in [3.05, 3.63) is 54.1 Å². The van der Waals surface area contributed by atoms with Crippen LogP contribution in [0.15, 0.2) is 48.5 Å². The van der Waals surface area contributed by atoms with Crippen LogP contribution in [0.5, 0.6) is 5.75 Å². The van der Waals surface area contributed by atoms with Crippen LogP contribution in [0, 0.1) is 0 Å². The highest BCUT2D eigenvalue weighted by Crippen LogP contribution is 2.28. The van der Waals surface area contributed by atoms with Crippen molar-refractivity contribution in [2.45, 2.75) is 12.5 Å². The van der Waals surface area contributed by atoms with Crippen LogP contribution in [-0.4, -0.2) is 12.0 Å². The fourth-order valence-corrected chi connectivity index (χ4v) is 2.17. The van der Waals surface area contributed by atoms with E-state index in [9.17, 15) is 4.79 Å². The largest absolute Gasteiger partial charge is 0.480 e. The number of ether oxygens (including phenoxy) is 1. The van der Waals surface area contributed by atoms with Crippen LogP contribution in [-0.2, 0) is 11.2 Å². The van der Waals surface area contributed by atoms with Crippen LogP contribution in [0.2, 0.25) is 0 Å². The zero-order valence-electron chi connectivity index (χ0n) is 10.3. The van der Waals surface area contributed by atoms with Crippen LogP contribution in [0.25, 0.3) is 0 Å². The highest BCUT2D eigenvalue weighted by Gasteiger charge is 2.28. The molecule has 19 heavy (non-hydrogen) atoms. The van der Waals surface area contributed by atoms with Gasteiger partial charge >= 0.3 is 0 Å². The number of rotatable bonds is 2. The summed E-state index contributed by atoms with van der Waals surface area (Å²) in [5.74, 6) is 0.636. The first kappa shape index (κ1) is 11.6. The zero-order valence-corrected chi connectivity index (χ0v) is 10.3. The zero-order chi connectivity index (χ0) is 13.2. The van der Waals surface area contributed by atoms with Gasteiger partial charge in [0.1, 0.15) is 5.75 Å². The third-order valence-corrected chi connectivity index (χ3v) is 3.09.